The Morgan fingerprint density at radius 1 is 1.33 bits per heavy atom. The standard InChI is InChI=1S/C20H37N5OS/c1-7-9-10-17(8-2)14-22-20(23-15-19(26)24(4)5)25(6)12-11-18-21-13-16(3)27-18/h13,17H,7-12,14-15H2,1-6H3,(H,22,23). The highest BCUT2D eigenvalue weighted by molar-refractivity contribution is 7.11. The number of thiazole rings is 1. The number of likely N-dealkylation sites (N-methyl/N-ethyl adjacent to an activating group) is 2. The summed E-state index contributed by atoms with van der Waals surface area (Å²) in [6.07, 6.45) is 7.66. The number of unbranched alkanes of at least 4 members (excludes halogenated alkanes) is 1. The molecule has 0 aromatic carbocycles. The fraction of sp³-hybridized carbons (Fsp3) is 0.750. The van der Waals surface area contributed by atoms with E-state index in [1.165, 1.54) is 24.1 Å². The van der Waals surface area contributed by atoms with Gasteiger partial charge >= 0.3 is 0 Å². The minimum atomic E-state index is 0.0104. The number of carbonyl (C=O) groups excluding carboxylic acids is 1. The molecule has 0 aliphatic heterocycles. The van der Waals surface area contributed by atoms with Crippen LogP contribution in [0.1, 0.15) is 49.4 Å². The van der Waals surface area contributed by atoms with Crippen molar-refractivity contribution in [1.29, 1.82) is 0 Å². The van der Waals surface area contributed by atoms with Crippen molar-refractivity contribution in [2.75, 3.05) is 40.8 Å². The molecule has 7 heteroatoms. The van der Waals surface area contributed by atoms with Crippen LogP contribution in [0.5, 0.6) is 0 Å². The Bertz CT molecular complexity index is 585. The van der Waals surface area contributed by atoms with E-state index >= 15 is 0 Å². The molecule has 6 nitrogen and oxygen atoms in total. The van der Waals surface area contributed by atoms with Crippen LogP contribution in [0.2, 0.25) is 0 Å². The van der Waals surface area contributed by atoms with Gasteiger partial charge in [0.15, 0.2) is 5.96 Å². The highest BCUT2D eigenvalue weighted by Crippen LogP contribution is 2.13. The lowest BCUT2D eigenvalue weighted by Crippen LogP contribution is -2.42. The van der Waals surface area contributed by atoms with E-state index in [2.05, 4.69) is 41.0 Å². The summed E-state index contributed by atoms with van der Waals surface area (Å²) in [6, 6.07) is 0. The van der Waals surface area contributed by atoms with Gasteiger partial charge in [-0.05, 0) is 19.3 Å². The summed E-state index contributed by atoms with van der Waals surface area (Å²) >= 11 is 1.74. The lowest BCUT2D eigenvalue weighted by Gasteiger charge is -2.24. The second-order valence-corrected chi connectivity index (χ2v) is 8.58. The lowest BCUT2D eigenvalue weighted by atomic mass is 9.99. The quantitative estimate of drug-likeness (QED) is 0.462. The topological polar surface area (TPSA) is 60.8 Å². The Balaban J connectivity index is 2.69. The molecule has 154 valence electrons. The van der Waals surface area contributed by atoms with Gasteiger partial charge in [0.25, 0.3) is 0 Å². The van der Waals surface area contributed by atoms with Crippen molar-refractivity contribution in [1.82, 2.24) is 20.1 Å². The number of aromatic nitrogens is 1. The second kappa shape index (κ2) is 12.7. The molecule has 1 aromatic rings. The van der Waals surface area contributed by atoms with Gasteiger partial charge in [-0.1, -0.05) is 33.1 Å². The molecule has 1 rings (SSSR count). The molecule has 0 radical (unpaired) electrons. The molecular formula is C20H37N5OS. The summed E-state index contributed by atoms with van der Waals surface area (Å²) in [5.74, 6) is 1.44. The number of nitrogens with one attached hydrogen (secondary N) is 1. The van der Waals surface area contributed by atoms with E-state index in [1.54, 1.807) is 30.3 Å². The average Bonchev–Trinajstić information content (AvgIpc) is 3.06. The van der Waals surface area contributed by atoms with Gasteiger partial charge in [-0.25, -0.2) is 9.98 Å². The zero-order valence-electron chi connectivity index (χ0n) is 17.9. The third kappa shape index (κ3) is 9.22. The van der Waals surface area contributed by atoms with E-state index in [-0.39, 0.29) is 12.5 Å². The van der Waals surface area contributed by atoms with Crippen molar-refractivity contribution in [3.05, 3.63) is 16.1 Å². The number of hydrogen-bond donors (Lipinski definition) is 1. The van der Waals surface area contributed by atoms with Gasteiger partial charge in [0.1, 0.15) is 6.54 Å². The third-order valence-electron chi connectivity index (χ3n) is 4.65. The lowest BCUT2D eigenvalue weighted by molar-refractivity contribution is -0.127. The van der Waals surface area contributed by atoms with Gasteiger partial charge in [0.2, 0.25) is 5.91 Å². The van der Waals surface area contributed by atoms with Crippen molar-refractivity contribution in [3.63, 3.8) is 0 Å². The average molecular weight is 396 g/mol. The van der Waals surface area contributed by atoms with E-state index in [0.717, 1.165) is 36.9 Å². The molecule has 0 bridgehead atoms. The van der Waals surface area contributed by atoms with Crippen molar-refractivity contribution in [3.8, 4) is 0 Å². The number of carbonyl (C=O) groups is 1. The molecule has 1 amide bonds. The normalized spacial score (nSPS) is 12.7. The fourth-order valence-electron chi connectivity index (χ4n) is 2.66. The monoisotopic (exact) mass is 395 g/mol. The van der Waals surface area contributed by atoms with Crippen LogP contribution < -0.4 is 5.32 Å². The first-order valence-electron chi connectivity index (χ1n) is 9.98. The first-order chi connectivity index (χ1) is 12.9. The summed E-state index contributed by atoms with van der Waals surface area (Å²) in [5, 5.41) is 4.64. The van der Waals surface area contributed by atoms with Gasteiger partial charge in [0, 0.05) is 51.7 Å². The van der Waals surface area contributed by atoms with Gasteiger partial charge in [-0.3, -0.25) is 4.79 Å². The van der Waals surface area contributed by atoms with Crippen molar-refractivity contribution in [2.24, 2.45) is 10.9 Å². The summed E-state index contributed by atoms with van der Waals surface area (Å²) in [5.41, 5.74) is 0. The van der Waals surface area contributed by atoms with Gasteiger partial charge in [-0.2, -0.15) is 0 Å². The highest BCUT2D eigenvalue weighted by Gasteiger charge is 2.13. The smallest absolute Gasteiger partial charge is 0.243 e. The Morgan fingerprint density at radius 3 is 2.63 bits per heavy atom. The highest BCUT2D eigenvalue weighted by atomic mass is 32.1. The second-order valence-electron chi connectivity index (χ2n) is 7.26. The molecular weight excluding hydrogens is 358 g/mol. The minimum absolute atomic E-state index is 0.0104. The number of aryl methyl sites for hydroxylation is 1. The molecule has 0 spiro atoms. The molecule has 1 heterocycles. The largest absolute Gasteiger partial charge is 0.356 e. The summed E-state index contributed by atoms with van der Waals surface area (Å²) in [7, 11) is 5.55. The SMILES string of the molecule is CCCCC(CC)CNC(=NCC(=O)N(C)C)N(C)CCc1ncc(C)s1. The summed E-state index contributed by atoms with van der Waals surface area (Å²) in [4.78, 5) is 25.9. The summed E-state index contributed by atoms with van der Waals surface area (Å²) in [6.45, 7) is 8.43. The predicted octanol–water partition coefficient (Wildman–Crippen LogP) is 3.18. The summed E-state index contributed by atoms with van der Waals surface area (Å²) < 4.78 is 0. The molecule has 1 unspecified atom stereocenters. The number of guanidine groups is 1. The van der Waals surface area contributed by atoms with E-state index < -0.39 is 0 Å². The molecule has 0 saturated heterocycles. The molecule has 27 heavy (non-hydrogen) atoms. The zero-order valence-corrected chi connectivity index (χ0v) is 18.7. The van der Waals surface area contributed by atoms with Crippen LogP contribution in [0.25, 0.3) is 0 Å². The molecule has 0 aliphatic rings. The van der Waals surface area contributed by atoms with Crippen molar-refractivity contribution >= 4 is 23.2 Å². The van der Waals surface area contributed by atoms with Crippen LogP contribution in [0, 0.1) is 12.8 Å². The van der Waals surface area contributed by atoms with Crippen LogP contribution in [0.15, 0.2) is 11.2 Å². The Kier molecular flexibility index (Phi) is 11.0. The van der Waals surface area contributed by atoms with Crippen LogP contribution >= 0.6 is 11.3 Å². The molecule has 0 saturated carbocycles. The van der Waals surface area contributed by atoms with Gasteiger partial charge < -0.3 is 15.1 Å². The number of amides is 1. The van der Waals surface area contributed by atoms with E-state index in [9.17, 15) is 4.79 Å². The first-order valence-corrected chi connectivity index (χ1v) is 10.8. The van der Waals surface area contributed by atoms with E-state index in [1.807, 2.05) is 13.2 Å². The first kappa shape index (κ1) is 23.4. The van der Waals surface area contributed by atoms with Crippen molar-refractivity contribution in [2.45, 2.75) is 52.9 Å². The Morgan fingerprint density at radius 2 is 2.07 bits per heavy atom. The number of hydrogen-bond acceptors (Lipinski definition) is 4. The molecule has 0 fully saturated rings. The maximum atomic E-state index is 12.0. The molecule has 0 aliphatic carbocycles. The van der Waals surface area contributed by atoms with Crippen LogP contribution in [-0.4, -0.2) is 67.4 Å². The van der Waals surface area contributed by atoms with Crippen molar-refractivity contribution < 1.29 is 4.79 Å². The fourth-order valence-corrected chi connectivity index (χ4v) is 3.44. The van der Waals surface area contributed by atoms with Gasteiger partial charge in [0.05, 0.1) is 5.01 Å². The zero-order chi connectivity index (χ0) is 20.2. The molecule has 1 N–H and O–H groups in total. The van der Waals surface area contributed by atoms with Crippen LogP contribution in [0.3, 0.4) is 0 Å². The third-order valence-corrected chi connectivity index (χ3v) is 5.62. The van der Waals surface area contributed by atoms with Gasteiger partial charge in [-0.15, -0.1) is 11.3 Å². The Hall–Kier alpha value is -1.63. The van der Waals surface area contributed by atoms with E-state index in [4.69, 9.17) is 0 Å². The maximum Gasteiger partial charge on any atom is 0.243 e. The molecule has 1 aromatic heterocycles. The minimum Gasteiger partial charge on any atom is -0.356 e. The van der Waals surface area contributed by atoms with E-state index in [0.29, 0.717) is 5.92 Å². The Labute approximate surface area is 169 Å². The van der Waals surface area contributed by atoms with Crippen LogP contribution in [0.4, 0.5) is 0 Å². The number of rotatable bonds is 11. The predicted molar refractivity (Wildman–Crippen MR) is 115 cm³/mol. The number of nitrogens with zero attached hydrogens (tertiary/aromatic N) is 4. The van der Waals surface area contributed by atoms with Crippen LogP contribution in [-0.2, 0) is 11.2 Å². The maximum absolute atomic E-state index is 12.0. The molecule has 1 atom stereocenters. The number of aliphatic imine (C=N–C) groups is 1.